The van der Waals surface area contributed by atoms with Gasteiger partial charge in [-0.1, -0.05) is 51.8 Å². The number of aliphatic hydroxyl groups is 1. The van der Waals surface area contributed by atoms with Crippen LogP contribution in [0.4, 0.5) is 0 Å². The van der Waals surface area contributed by atoms with Crippen LogP contribution >= 0.6 is 15.9 Å². The van der Waals surface area contributed by atoms with Crippen LogP contribution in [0.3, 0.4) is 0 Å². The maximum Gasteiger partial charge on any atom is 0.0854 e. The number of aliphatic hydroxyl groups excluding tert-OH is 1. The Morgan fingerprint density at radius 3 is 2.46 bits per heavy atom. The van der Waals surface area contributed by atoms with Gasteiger partial charge in [-0.3, -0.25) is 4.99 Å². The second kappa shape index (κ2) is 9.29. The number of hydrogen-bond acceptors (Lipinski definition) is 2. The van der Waals surface area contributed by atoms with Crippen molar-refractivity contribution < 1.29 is 5.11 Å². The van der Waals surface area contributed by atoms with Crippen molar-refractivity contribution in [2.24, 2.45) is 4.99 Å². The van der Waals surface area contributed by atoms with Crippen LogP contribution < -0.4 is 0 Å². The largest absolute Gasteiger partial charge is 0.390 e. The van der Waals surface area contributed by atoms with Gasteiger partial charge in [0, 0.05) is 16.0 Å². The second-order valence-corrected chi connectivity index (χ2v) is 7.76. The van der Waals surface area contributed by atoms with Crippen LogP contribution in [-0.4, -0.2) is 23.5 Å². The molecule has 0 saturated heterocycles. The average Bonchev–Trinajstić information content (AvgIpc) is 2.62. The molecule has 0 radical (unpaired) electrons. The molecule has 0 fully saturated rings. The Hall–Kier alpha value is -1.71. The molecule has 26 heavy (non-hydrogen) atoms. The standard InChI is InChI=1S/C23H28BrNO/c1-6-7-20(21-13-19(24)11-10-16(21)3)18(5)25-23(14-26)22-12-15(2)8-9-17(22)4/h6-13,18,20,26H,14H2,1-5H3. The summed E-state index contributed by atoms with van der Waals surface area (Å²) >= 11 is 3.58. The van der Waals surface area contributed by atoms with E-state index in [9.17, 15) is 5.11 Å². The number of benzene rings is 2. The fourth-order valence-electron chi connectivity index (χ4n) is 3.27. The highest BCUT2D eigenvalue weighted by Gasteiger charge is 2.19. The quantitative estimate of drug-likeness (QED) is 0.463. The Morgan fingerprint density at radius 1 is 1.12 bits per heavy atom. The summed E-state index contributed by atoms with van der Waals surface area (Å²) in [5.74, 6) is 0.157. The highest BCUT2D eigenvalue weighted by atomic mass is 79.9. The minimum atomic E-state index is -0.0609. The summed E-state index contributed by atoms with van der Waals surface area (Å²) in [4.78, 5) is 4.93. The molecule has 138 valence electrons. The van der Waals surface area contributed by atoms with Crippen LogP contribution in [0.1, 0.15) is 47.6 Å². The van der Waals surface area contributed by atoms with E-state index in [0.29, 0.717) is 0 Å². The fourth-order valence-corrected chi connectivity index (χ4v) is 3.65. The summed E-state index contributed by atoms with van der Waals surface area (Å²) in [6.07, 6.45) is 4.27. The summed E-state index contributed by atoms with van der Waals surface area (Å²) in [6.45, 7) is 10.3. The van der Waals surface area contributed by atoms with E-state index in [1.54, 1.807) is 0 Å². The third-order valence-electron chi connectivity index (χ3n) is 4.73. The first-order valence-corrected chi connectivity index (χ1v) is 9.80. The summed E-state index contributed by atoms with van der Waals surface area (Å²) in [5.41, 5.74) is 6.59. The van der Waals surface area contributed by atoms with E-state index in [4.69, 9.17) is 4.99 Å². The second-order valence-electron chi connectivity index (χ2n) is 6.85. The lowest BCUT2D eigenvalue weighted by molar-refractivity contribution is 0.356. The molecule has 0 spiro atoms. The third kappa shape index (κ3) is 4.93. The van der Waals surface area contributed by atoms with Gasteiger partial charge >= 0.3 is 0 Å². The van der Waals surface area contributed by atoms with Crippen molar-refractivity contribution in [3.8, 4) is 0 Å². The maximum atomic E-state index is 9.97. The first-order valence-electron chi connectivity index (χ1n) is 9.01. The molecule has 2 aromatic rings. The first-order chi connectivity index (χ1) is 12.4. The molecule has 0 saturated carbocycles. The zero-order valence-electron chi connectivity index (χ0n) is 16.3. The Kier molecular flexibility index (Phi) is 7.36. The Balaban J connectivity index is 2.47. The van der Waals surface area contributed by atoms with Crippen molar-refractivity contribution in [2.75, 3.05) is 6.61 Å². The summed E-state index contributed by atoms with van der Waals surface area (Å²) in [5, 5.41) is 9.97. The van der Waals surface area contributed by atoms with Gasteiger partial charge in [0.1, 0.15) is 0 Å². The highest BCUT2D eigenvalue weighted by Crippen LogP contribution is 2.29. The topological polar surface area (TPSA) is 32.6 Å². The summed E-state index contributed by atoms with van der Waals surface area (Å²) in [7, 11) is 0. The van der Waals surface area contributed by atoms with Gasteiger partial charge in [-0.15, -0.1) is 0 Å². The lowest BCUT2D eigenvalue weighted by Crippen LogP contribution is -2.18. The van der Waals surface area contributed by atoms with Gasteiger partial charge in [-0.25, -0.2) is 0 Å². The Labute approximate surface area is 165 Å². The average molecular weight is 414 g/mol. The number of aliphatic imine (C=N–C) groups is 1. The van der Waals surface area contributed by atoms with Gasteiger partial charge < -0.3 is 5.11 Å². The van der Waals surface area contributed by atoms with Crippen LogP contribution in [-0.2, 0) is 0 Å². The molecule has 0 heterocycles. The summed E-state index contributed by atoms with van der Waals surface area (Å²) in [6, 6.07) is 12.7. The van der Waals surface area contributed by atoms with E-state index in [1.165, 1.54) is 16.7 Å². The van der Waals surface area contributed by atoms with E-state index in [-0.39, 0.29) is 18.6 Å². The van der Waals surface area contributed by atoms with E-state index in [0.717, 1.165) is 21.3 Å². The maximum absolute atomic E-state index is 9.97. The number of aryl methyl sites for hydroxylation is 3. The molecule has 0 amide bonds. The van der Waals surface area contributed by atoms with Crippen molar-refractivity contribution in [1.29, 1.82) is 0 Å². The molecule has 2 aromatic carbocycles. The van der Waals surface area contributed by atoms with Gasteiger partial charge in [-0.2, -0.15) is 0 Å². The normalized spacial score (nSPS) is 14.7. The van der Waals surface area contributed by atoms with Crippen molar-refractivity contribution in [3.05, 3.63) is 80.8 Å². The van der Waals surface area contributed by atoms with Gasteiger partial charge in [0.25, 0.3) is 0 Å². The van der Waals surface area contributed by atoms with Crippen molar-refractivity contribution in [1.82, 2.24) is 0 Å². The van der Waals surface area contributed by atoms with Gasteiger partial charge in [-0.05, 0) is 69.5 Å². The summed E-state index contributed by atoms with van der Waals surface area (Å²) < 4.78 is 1.07. The molecule has 0 bridgehead atoms. The molecule has 0 aliphatic heterocycles. The van der Waals surface area contributed by atoms with E-state index < -0.39 is 0 Å². The number of allylic oxidation sites excluding steroid dienone is 1. The molecule has 0 aliphatic rings. The number of rotatable bonds is 6. The number of hydrogen-bond donors (Lipinski definition) is 1. The molecular weight excluding hydrogens is 386 g/mol. The zero-order valence-corrected chi connectivity index (χ0v) is 17.8. The molecule has 2 atom stereocenters. The molecule has 1 N–H and O–H groups in total. The predicted octanol–water partition coefficient (Wildman–Crippen LogP) is 5.90. The highest BCUT2D eigenvalue weighted by molar-refractivity contribution is 9.10. The van der Waals surface area contributed by atoms with E-state index >= 15 is 0 Å². The monoisotopic (exact) mass is 413 g/mol. The molecule has 0 aliphatic carbocycles. The van der Waals surface area contributed by atoms with Crippen molar-refractivity contribution in [3.63, 3.8) is 0 Å². The van der Waals surface area contributed by atoms with Crippen LogP contribution in [0.5, 0.6) is 0 Å². The first kappa shape index (κ1) is 20.6. The Bertz CT molecular complexity index is 823. The Morgan fingerprint density at radius 2 is 1.81 bits per heavy atom. The number of halogens is 1. The van der Waals surface area contributed by atoms with E-state index in [1.807, 2.05) is 6.92 Å². The number of nitrogens with zero attached hydrogens (tertiary/aromatic N) is 1. The SMILES string of the molecule is CC=CC(c1cc(Br)ccc1C)C(C)N=C(CO)c1cc(C)ccc1C. The van der Waals surface area contributed by atoms with Crippen LogP contribution in [0.2, 0.25) is 0 Å². The minimum Gasteiger partial charge on any atom is -0.390 e. The minimum absolute atomic E-state index is 0.0151. The lowest BCUT2D eigenvalue weighted by atomic mass is 9.89. The van der Waals surface area contributed by atoms with Crippen molar-refractivity contribution in [2.45, 2.75) is 46.6 Å². The third-order valence-corrected chi connectivity index (χ3v) is 5.23. The van der Waals surface area contributed by atoms with Crippen molar-refractivity contribution >= 4 is 21.6 Å². The smallest absolute Gasteiger partial charge is 0.0854 e. The molecular formula is C23H28BrNO. The van der Waals surface area contributed by atoms with Crippen LogP contribution in [0, 0.1) is 20.8 Å². The molecule has 2 nitrogen and oxygen atoms in total. The van der Waals surface area contributed by atoms with E-state index in [2.05, 4.69) is 92.2 Å². The molecule has 2 rings (SSSR count). The lowest BCUT2D eigenvalue weighted by Gasteiger charge is -2.22. The van der Waals surface area contributed by atoms with Crippen LogP contribution in [0.15, 0.2) is 58.0 Å². The van der Waals surface area contributed by atoms with Gasteiger partial charge in [0.05, 0.1) is 18.4 Å². The van der Waals surface area contributed by atoms with Gasteiger partial charge in [0.2, 0.25) is 0 Å². The van der Waals surface area contributed by atoms with Crippen LogP contribution in [0.25, 0.3) is 0 Å². The molecule has 2 unspecified atom stereocenters. The van der Waals surface area contributed by atoms with Gasteiger partial charge in [0.15, 0.2) is 0 Å². The zero-order chi connectivity index (χ0) is 19.3. The molecule has 3 heteroatoms. The molecule has 0 aromatic heterocycles. The fraction of sp³-hybridized carbons (Fsp3) is 0.348. The predicted molar refractivity (Wildman–Crippen MR) is 115 cm³/mol.